The molecule has 0 radical (unpaired) electrons. The minimum Gasteiger partial charge on any atom is -0.382 e. The van der Waals surface area contributed by atoms with Crippen LogP contribution in [0.15, 0.2) is 0 Å². The minimum atomic E-state index is 0.0730. The molecule has 0 aliphatic carbocycles. The molecule has 1 saturated heterocycles. The van der Waals surface area contributed by atoms with Gasteiger partial charge in [-0.05, 0) is 20.8 Å². The van der Waals surface area contributed by atoms with E-state index in [9.17, 15) is 0 Å². The zero-order valence-electron chi connectivity index (χ0n) is 8.18. The van der Waals surface area contributed by atoms with Crippen LogP contribution in [-0.2, 0) is 9.47 Å². The summed E-state index contributed by atoms with van der Waals surface area (Å²) in [5, 5.41) is 0. The zero-order chi connectivity index (χ0) is 9.19. The first-order chi connectivity index (χ1) is 5.53. The predicted molar refractivity (Wildman–Crippen MR) is 47.8 cm³/mol. The lowest BCUT2D eigenvalue weighted by molar-refractivity contribution is 0.171. The van der Waals surface area contributed by atoms with Crippen LogP contribution in [0.1, 0.15) is 20.8 Å². The Balaban J connectivity index is 2.30. The lowest BCUT2D eigenvalue weighted by Gasteiger charge is -2.06. The molecule has 12 heavy (non-hydrogen) atoms. The average Bonchev–Trinajstić information content (AvgIpc) is 2.63. The molecule has 1 fully saturated rings. The van der Waals surface area contributed by atoms with Crippen molar-refractivity contribution in [2.45, 2.75) is 33.0 Å². The summed E-state index contributed by atoms with van der Waals surface area (Å²) >= 11 is 0. The van der Waals surface area contributed by atoms with Crippen LogP contribution in [0.5, 0.6) is 0 Å². The minimum absolute atomic E-state index is 0.0730. The molecule has 2 heteroatoms. The molecule has 1 aliphatic heterocycles. The molecule has 2 atom stereocenters. The fraction of sp³-hybridized carbons (Fsp3) is 0.800. The Hall–Kier alpha value is -0.520. The Morgan fingerprint density at radius 2 is 2.08 bits per heavy atom. The van der Waals surface area contributed by atoms with Gasteiger partial charge >= 0.3 is 0 Å². The molecule has 0 amide bonds. The van der Waals surface area contributed by atoms with Crippen molar-refractivity contribution in [2.24, 2.45) is 5.41 Å². The van der Waals surface area contributed by atoms with Gasteiger partial charge in [0.05, 0.1) is 6.61 Å². The van der Waals surface area contributed by atoms with Gasteiger partial charge in [0.2, 0.25) is 0 Å². The largest absolute Gasteiger partial charge is 0.382 e. The molecular weight excluding hydrogens is 152 g/mol. The van der Waals surface area contributed by atoms with Gasteiger partial charge in [0, 0.05) is 12.5 Å². The molecule has 1 rings (SSSR count). The number of hydrogen-bond donors (Lipinski definition) is 0. The van der Waals surface area contributed by atoms with Gasteiger partial charge in [0.15, 0.2) is 0 Å². The maximum absolute atomic E-state index is 5.25. The summed E-state index contributed by atoms with van der Waals surface area (Å²) in [6.45, 7) is 6.93. The number of rotatable bonds is 2. The molecule has 0 bridgehead atoms. The first-order valence-electron chi connectivity index (χ1n) is 4.20. The molecule has 0 aromatic rings. The maximum atomic E-state index is 5.25. The van der Waals surface area contributed by atoms with Crippen LogP contribution < -0.4 is 0 Å². The van der Waals surface area contributed by atoms with Crippen LogP contribution in [0.2, 0.25) is 0 Å². The van der Waals surface area contributed by atoms with Crippen molar-refractivity contribution >= 4 is 0 Å². The topological polar surface area (TPSA) is 21.8 Å². The van der Waals surface area contributed by atoms with E-state index >= 15 is 0 Å². The second-order valence-electron chi connectivity index (χ2n) is 4.07. The van der Waals surface area contributed by atoms with Gasteiger partial charge in [-0.3, -0.25) is 0 Å². The molecule has 0 aromatic heterocycles. The van der Waals surface area contributed by atoms with E-state index in [0.29, 0.717) is 6.61 Å². The van der Waals surface area contributed by atoms with Crippen molar-refractivity contribution in [3.63, 3.8) is 0 Å². The molecule has 2 nitrogen and oxygen atoms in total. The first-order valence-corrected chi connectivity index (χ1v) is 4.20. The van der Waals surface area contributed by atoms with Gasteiger partial charge in [-0.2, -0.15) is 0 Å². The fourth-order valence-corrected chi connectivity index (χ4v) is 0.849. The Bertz CT molecular complexity index is 204. The van der Waals surface area contributed by atoms with Gasteiger partial charge in [-0.1, -0.05) is 11.8 Å². The van der Waals surface area contributed by atoms with Crippen molar-refractivity contribution in [2.75, 3.05) is 13.7 Å². The standard InChI is InChI=1S/C10H16O2/c1-10(2,3)6-5-8-9(12-8)7-11-4/h8-9H,7H2,1-4H3/t8-,9-/m1/s1. The number of ether oxygens (including phenoxy) is 2. The summed E-state index contributed by atoms with van der Waals surface area (Å²) < 4.78 is 10.2. The van der Waals surface area contributed by atoms with E-state index < -0.39 is 0 Å². The highest BCUT2D eigenvalue weighted by Gasteiger charge is 2.37. The summed E-state index contributed by atoms with van der Waals surface area (Å²) in [7, 11) is 1.68. The normalized spacial score (nSPS) is 27.7. The van der Waals surface area contributed by atoms with E-state index in [4.69, 9.17) is 9.47 Å². The van der Waals surface area contributed by atoms with Crippen LogP contribution in [0, 0.1) is 17.3 Å². The zero-order valence-corrected chi connectivity index (χ0v) is 8.18. The van der Waals surface area contributed by atoms with Crippen molar-refractivity contribution in [3.8, 4) is 11.8 Å². The van der Waals surface area contributed by atoms with E-state index in [1.807, 2.05) is 0 Å². The predicted octanol–water partition coefficient (Wildman–Crippen LogP) is 1.45. The average molecular weight is 168 g/mol. The Morgan fingerprint density at radius 3 is 2.58 bits per heavy atom. The third-order valence-electron chi connectivity index (χ3n) is 1.50. The third kappa shape index (κ3) is 3.25. The van der Waals surface area contributed by atoms with E-state index in [2.05, 4.69) is 32.6 Å². The quantitative estimate of drug-likeness (QED) is 0.460. The smallest absolute Gasteiger partial charge is 0.147 e. The molecule has 0 N–H and O–H groups in total. The van der Waals surface area contributed by atoms with Crippen molar-refractivity contribution in [1.82, 2.24) is 0 Å². The van der Waals surface area contributed by atoms with Crippen molar-refractivity contribution < 1.29 is 9.47 Å². The Kier molecular flexibility index (Phi) is 2.76. The molecule has 68 valence electrons. The summed E-state index contributed by atoms with van der Waals surface area (Å²) in [6.07, 6.45) is 0.328. The lowest BCUT2D eigenvalue weighted by atomic mass is 9.98. The van der Waals surface area contributed by atoms with E-state index in [-0.39, 0.29) is 17.6 Å². The SMILES string of the molecule is COC[C@H]1O[C@@H]1C#CC(C)(C)C. The van der Waals surface area contributed by atoms with E-state index in [1.54, 1.807) is 7.11 Å². The summed E-state index contributed by atoms with van der Waals surface area (Å²) in [6, 6.07) is 0. The molecule has 0 spiro atoms. The van der Waals surface area contributed by atoms with Crippen molar-refractivity contribution in [1.29, 1.82) is 0 Å². The highest BCUT2D eigenvalue weighted by atomic mass is 16.6. The number of methoxy groups -OCH3 is 1. The van der Waals surface area contributed by atoms with Crippen LogP contribution in [0.25, 0.3) is 0 Å². The number of epoxide rings is 1. The second kappa shape index (κ2) is 3.47. The second-order valence-corrected chi connectivity index (χ2v) is 4.07. The van der Waals surface area contributed by atoms with E-state index in [1.165, 1.54) is 0 Å². The van der Waals surface area contributed by atoms with Crippen LogP contribution in [0.4, 0.5) is 0 Å². The molecule has 0 saturated carbocycles. The van der Waals surface area contributed by atoms with Gasteiger partial charge < -0.3 is 9.47 Å². The monoisotopic (exact) mass is 168 g/mol. The van der Waals surface area contributed by atoms with Gasteiger partial charge in [0.1, 0.15) is 12.2 Å². The Morgan fingerprint density at radius 1 is 1.42 bits per heavy atom. The first kappa shape index (κ1) is 9.57. The molecule has 1 aliphatic rings. The summed E-state index contributed by atoms with van der Waals surface area (Å²) in [5.74, 6) is 6.22. The van der Waals surface area contributed by atoms with Crippen LogP contribution in [-0.4, -0.2) is 25.9 Å². The lowest BCUT2D eigenvalue weighted by Crippen LogP contribution is -2.03. The van der Waals surface area contributed by atoms with Crippen LogP contribution in [0.3, 0.4) is 0 Å². The van der Waals surface area contributed by atoms with Gasteiger partial charge in [-0.15, -0.1) is 0 Å². The third-order valence-corrected chi connectivity index (χ3v) is 1.50. The Labute approximate surface area is 74.2 Å². The van der Waals surface area contributed by atoms with Gasteiger partial charge in [-0.25, -0.2) is 0 Å². The molecule has 0 unspecified atom stereocenters. The molecule has 1 heterocycles. The van der Waals surface area contributed by atoms with Gasteiger partial charge in [0.25, 0.3) is 0 Å². The van der Waals surface area contributed by atoms with Crippen molar-refractivity contribution in [3.05, 3.63) is 0 Å². The maximum Gasteiger partial charge on any atom is 0.147 e. The number of hydrogen-bond acceptors (Lipinski definition) is 2. The highest BCUT2D eigenvalue weighted by molar-refractivity contribution is 5.17. The van der Waals surface area contributed by atoms with E-state index in [0.717, 1.165) is 0 Å². The summed E-state index contributed by atoms with van der Waals surface area (Å²) in [5.41, 5.74) is 0.0730. The summed E-state index contributed by atoms with van der Waals surface area (Å²) in [4.78, 5) is 0. The highest BCUT2D eigenvalue weighted by Crippen LogP contribution is 2.22. The fourth-order valence-electron chi connectivity index (χ4n) is 0.849. The molecule has 0 aromatic carbocycles. The van der Waals surface area contributed by atoms with Crippen LogP contribution >= 0.6 is 0 Å². The molecular formula is C10H16O2.